The molecule has 0 unspecified atom stereocenters. The van der Waals surface area contributed by atoms with Crippen molar-refractivity contribution in [2.45, 2.75) is 33.1 Å². The van der Waals surface area contributed by atoms with E-state index < -0.39 is 0 Å². The Morgan fingerprint density at radius 3 is 2.24 bits per heavy atom. The first-order valence-corrected chi connectivity index (χ1v) is 6.08. The molecule has 0 atom stereocenters. The van der Waals surface area contributed by atoms with Gasteiger partial charge < -0.3 is 15.4 Å². The molecule has 100 valence electrons. The molecule has 2 amide bonds. The predicted octanol–water partition coefficient (Wildman–Crippen LogP) is 0.691. The van der Waals surface area contributed by atoms with Crippen LogP contribution in [-0.2, 0) is 14.3 Å². The van der Waals surface area contributed by atoms with E-state index in [1.807, 2.05) is 0 Å². The van der Waals surface area contributed by atoms with Crippen molar-refractivity contribution in [3.05, 3.63) is 0 Å². The Morgan fingerprint density at radius 1 is 1.12 bits per heavy atom. The van der Waals surface area contributed by atoms with Gasteiger partial charge in [-0.05, 0) is 18.8 Å². The van der Waals surface area contributed by atoms with E-state index >= 15 is 0 Å². The van der Waals surface area contributed by atoms with E-state index in [2.05, 4.69) is 24.5 Å². The van der Waals surface area contributed by atoms with Crippen molar-refractivity contribution in [3.63, 3.8) is 0 Å². The first-order chi connectivity index (χ1) is 8.06. The lowest BCUT2D eigenvalue weighted by molar-refractivity contribution is -0.129. The standard InChI is InChI=1S/C12H24N2O3/c1-10(2)5-7-14-12(16)9-11(15)13-6-4-8-17-3/h10H,4-9H2,1-3H3,(H,13,15)(H,14,16). The molecule has 0 bridgehead atoms. The minimum absolute atomic E-state index is 0.0922. The summed E-state index contributed by atoms with van der Waals surface area (Å²) < 4.78 is 4.85. The fourth-order valence-electron chi connectivity index (χ4n) is 1.22. The van der Waals surface area contributed by atoms with E-state index in [9.17, 15) is 9.59 Å². The van der Waals surface area contributed by atoms with Crippen molar-refractivity contribution < 1.29 is 14.3 Å². The molecule has 5 heteroatoms. The smallest absolute Gasteiger partial charge is 0.229 e. The summed E-state index contributed by atoms with van der Waals surface area (Å²) in [5.74, 6) is 0.108. The van der Waals surface area contributed by atoms with Crippen LogP contribution in [0.5, 0.6) is 0 Å². The summed E-state index contributed by atoms with van der Waals surface area (Å²) in [4.78, 5) is 22.6. The van der Waals surface area contributed by atoms with E-state index in [4.69, 9.17) is 4.74 Å². The molecule has 0 saturated carbocycles. The molecular weight excluding hydrogens is 220 g/mol. The molecule has 0 aromatic rings. The summed E-state index contributed by atoms with van der Waals surface area (Å²) in [5, 5.41) is 5.39. The lowest BCUT2D eigenvalue weighted by atomic mass is 10.1. The van der Waals surface area contributed by atoms with Crippen LogP contribution in [0.2, 0.25) is 0 Å². The van der Waals surface area contributed by atoms with Gasteiger partial charge in [0, 0.05) is 26.8 Å². The Kier molecular flexibility index (Phi) is 9.43. The number of hydrogen-bond acceptors (Lipinski definition) is 3. The van der Waals surface area contributed by atoms with Crippen LogP contribution >= 0.6 is 0 Å². The maximum atomic E-state index is 11.3. The van der Waals surface area contributed by atoms with Gasteiger partial charge in [0.1, 0.15) is 6.42 Å². The number of nitrogens with one attached hydrogen (secondary N) is 2. The van der Waals surface area contributed by atoms with Gasteiger partial charge in [0.05, 0.1) is 0 Å². The average molecular weight is 244 g/mol. The van der Waals surface area contributed by atoms with Crippen LogP contribution in [0.25, 0.3) is 0 Å². The second-order valence-corrected chi connectivity index (χ2v) is 4.41. The van der Waals surface area contributed by atoms with Crippen molar-refractivity contribution in [1.29, 1.82) is 0 Å². The quantitative estimate of drug-likeness (QED) is 0.463. The molecule has 0 fully saturated rings. The van der Waals surface area contributed by atoms with Gasteiger partial charge in [-0.15, -0.1) is 0 Å². The Bertz CT molecular complexity index is 230. The van der Waals surface area contributed by atoms with Crippen molar-refractivity contribution in [2.24, 2.45) is 5.92 Å². The first-order valence-electron chi connectivity index (χ1n) is 6.08. The van der Waals surface area contributed by atoms with Crippen LogP contribution in [0.4, 0.5) is 0 Å². The van der Waals surface area contributed by atoms with E-state index in [1.165, 1.54) is 0 Å². The summed E-state index contributed by atoms with van der Waals surface area (Å²) in [6.07, 6.45) is 1.60. The number of carbonyl (C=O) groups excluding carboxylic acids is 2. The molecule has 0 rings (SSSR count). The number of ether oxygens (including phenoxy) is 1. The van der Waals surface area contributed by atoms with E-state index in [1.54, 1.807) is 7.11 Å². The van der Waals surface area contributed by atoms with Crippen LogP contribution < -0.4 is 10.6 Å². The van der Waals surface area contributed by atoms with Gasteiger partial charge in [-0.25, -0.2) is 0 Å². The minimum atomic E-state index is -0.233. The van der Waals surface area contributed by atoms with E-state index in [-0.39, 0.29) is 18.2 Å². The summed E-state index contributed by atoms with van der Waals surface area (Å²) in [6, 6.07) is 0. The fraction of sp³-hybridized carbons (Fsp3) is 0.833. The van der Waals surface area contributed by atoms with Gasteiger partial charge in [0.15, 0.2) is 0 Å². The highest BCUT2D eigenvalue weighted by Crippen LogP contribution is 1.96. The summed E-state index contributed by atoms with van der Waals surface area (Å²) in [5.41, 5.74) is 0. The monoisotopic (exact) mass is 244 g/mol. The van der Waals surface area contributed by atoms with Gasteiger partial charge in [-0.1, -0.05) is 13.8 Å². The molecule has 0 aliphatic carbocycles. The van der Waals surface area contributed by atoms with Crippen molar-refractivity contribution >= 4 is 11.8 Å². The molecule has 5 nitrogen and oxygen atoms in total. The third-order valence-corrected chi connectivity index (χ3v) is 2.21. The van der Waals surface area contributed by atoms with E-state index in [0.29, 0.717) is 25.6 Å². The molecule has 0 saturated heterocycles. The number of rotatable bonds is 9. The molecule has 2 N–H and O–H groups in total. The summed E-state index contributed by atoms with van der Waals surface area (Å²) in [6.45, 7) is 5.98. The minimum Gasteiger partial charge on any atom is -0.385 e. The van der Waals surface area contributed by atoms with Crippen molar-refractivity contribution in [2.75, 3.05) is 26.8 Å². The van der Waals surface area contributed by atoms with Gasteiger partial charge in [0.25, 0.3) is 0 Å². The average Bonchev–Trinajstić information content (AvgIpc) is 2.23. The van der Waals surface area contributed by atoms with Gasteiger partial charge in [0.2, 0.25) is 11.8 Å². The Morgan fingerprint density at radius 2 is 1.71 bits per heavy atom. The molecule has 0 spiro atoms. The SMILES string of the molecule is COCCCNC(=O)CC(=O)NCCC(C)C. The number of carbonyl (C=O) groups is 2. The number of methoxy groups -OCH3 is 1. The number of amides is 2. The van der Waals surface area contributed by atoms with Crippen molar-refractivity contribution in [1.82, 2.24) is 10.6 Å². The van der Waals surface area contributed by atoms with Crippen LogP contribution in [0.15, 0.2) is 0 Å². The number of hydrogen-bond donors (Lipinski definition) is 2. The lowest BCUT2D eigenvalue weighted by Crippen LogP contribution is -2.33. The zero-order valence-corrected chi connectivity index (χ0v) is 11.0. The highest BCUT2D eigenvalue weighted by Gasteiger charge is 2.08. The highest BCUT2D eigenvalue weighted by atomic mass is 16.5. The summed E-state index contributed by atoms with van der Waals surface area (Å²) in [7, 11) is 1.62. The van der Waals surface area contributed by atoms with E-state index in [0.717, 1.165) is 12.8 Å². The zero-order chi connectivity index (χ0) is 13.1. The third-order valence-electron chi connectivity index (χ3n) is 2.21. The van der Waals surface area contributed by atoms with Crippen LogP contribution in [0, 0.1) is 5.92 Å². The predicted molar refractivity (Wildman–Crippen MR) is 66.6 cm³/mol. The summed E-state index contributed by atoms with van der Waals surface area (Å²) >= 11 is 0. The molecule has 0 aromatic carbocycles. The van der Waals surface area contributed by atoms with Crippen LogP contribution in [0.1, 0.15) is 33.1 Å². The van der Waals surface area contributed by atoms with Crippen molar-refractivity contribution in [3.8, 4) is 0 Å². The molecular formula is C12H24N2O3. The fourth-order valence-corrected chi connectivity index (χ4v) is 1.22. The Balaban J connectivity index is 3.49. The Labute approximate surface area is 103 Å². The molecule has 0 aromatic heterocycles. The molecule has 0 aliphatic heterocycles. The molecule has 0 aliphatic rings. The lowest BCUT2D eigenvalue weighted by Gasteiger charge is -2.07. The van der Waals surface area contributed by atoms with Gasteiger partial charge in [-0.2, -0.15) is 0 Å². The highest BCUT2D eigenvalue weighted by molar-refractivity contribution is 5.96. The van der Waals surface area contributed by atoms with Gasteiger partial charge in [-0.3, -0.25) is 9.59 Å². The Hall–Kier alpha value is -1.10. The maximum Gasteiger partial charge on any atom is 0.229 e. The van der Waals surface area contributed by atoms with Gasteiger partial charge >= 0.3 is 0 Å². The molecule has 17 heavy (non-hydrogen) atoms. The molecule has 0 heterocycles. The second-order valence-electron chi connectivity index (χ2n) is 4.41. The zero-order valence-electron chi connectivity index (χ0n) is 11.0. The molecule has 0 radical (unpaired) electrons. The maximum absolute atomic E-state index is 11.3. The second kappa shape index (κ2) is 10.1. The van der Waals surface area contributed by atoms with Crippen LogP contribution in [-0.4, -0.2) is 38.6 Å². The topological polar surface area (TPSA) is 67.4 Å². The van der Waals surface area contributed by atoms with Crippen LogP contribution in [0.3, 0.4) is 0 Å². The first kappa shape index (κ1) is 15.9. The largest absolute Gasteiger partial charge is 0.385 e. The normalized spacial score (nSPS) is 10.4. The third kappa shape index (κ3) is 11.2.